The van der Waals surface area contributed by atoms with Gasteiger partial charge in [-0.2, -0.15) is 0 Å². The van der Waals surface area contributed by atoms with Gasteiger partial charge in [-0.25, -0.2) is 4.98 Å². The molecule has 0 radical (unpaired) electrons. The van der Waals surface area contributed by atoms with Gasteiger partial charge in [-0.1, -0.05) is 6.92 Å². The van der Waals surface area contributed by atoms with E-state index in [1.54, 1.807) is 18.4 Å². The highest BCUT2D eigenvalue weighted by Gasteiger charge is 2.20. The molecule has 6 heteroatoms. The molecule has 132 valence electrons. The molecule has 0 spiro atoms. The van der Waals surface area contributed by atoms with Crippen LogP contribution in [0.1, 0.15) is 47.7 Å². The molecule has 0 fully saturated rings. The van der Waals surface area contributed by atoms with Gasteiger partial charge < -0.3 is 14.6 Å². The Labute approximate surface area is 148 Å². The largest absolute Gasteiger partial charge is 0.385 e. The number of amides is 1. The Morgan fingerprint density at radius 2 is 2.21 bits per heavy atom. The quantitative estimate of drug-likeness (QED) is 0.738. The van der Waals surface area contributed by atoms with Crippen LogP contribution in [0, 0.1) is 13.8 Å². The maximum absolute atomic E-state index is 12.6. The number of thiazole rings is 1. The summed E-state index contributed by atoms with van der Waals surface area (Å²) in [6.45, 7) is 9.59. The van der Waals surface area contributed by atoms with E-state index in [2.05, 4.69) is 21.8 Å². The van der Waals surface area contributed by atoms with E-state index >= 15 is 0 Å². The Balaban J connectivity index is 2.37. The maximum Gasteiger partial charge on any atom is 0.253 e. The van der Waals surface area contributed by atoms with Crippen LogP contribution in [0.15, 0.2) is 11.4 Å². The molecule has 0 saturated carbocycles. The van der Waals surface area contributed by atoms with Crippen LogP contribution in [0.3, 0.4) is 0 Å². The molecule has 0 saturated heterocycles. The second-order valence-corrected chi connectivity index (χ2v) is 7.12. The number of carbonyl (C=O) groups excluding carboxylic acids is 1. The predicted octanol–water partition coefficient (Wildman–Crippen LogP) is 3.79. The first-order chi connectivity index (χ1) is 11.5. The third-order valence-corrected chi connectivity index (χ3v) is 4.99. The summed E-state index contributed by atoms with van der Waals surface area (Å²) in [5.41, 5.74) is 3.64. The third-order valence-electron chi connectivity index (χ3n) is 4.21. The predicted molar refractivity (Wildman–Crippen MR) is 98.7 cm³/mol. The first-order valence-electron chi connectivity index (χ1n) is 8.40. The topological polar surface area (TPSA) is 56.2 Å². The van der Waals surface area contributed by atoms with E-state index in [0.717, 1.165) is 47.0 Å². The van der Waals surface area contributed by atoms with Gasteiger partial charge >= 0.3 is 0 Å². The zero-order valence-electron chi connectivity index (χ0n) is 15.2. The summed E-state index contributed by atoms with van der Waals surface area (Å²) in [5, 5.41) is 6.13. The maximum atomic E-state index is 12.6. The molecule has 0 aliphatic carbocycles. The Kier molecular flexibility index (Phi) is 6.57. The fourth-order valence-electron chi connectivity index (χ4n) is 2.63. The summed E-state index contributed by atoms with van der Waals surface area (Å²) in [4.78, 5) is 17.2. The molecule has 5 nitrogen and oxygen atoms in total. The van der Waals surface area contributed by atoms with Crippen molar-refractivity contribution in [2.24, 2.45) is 0 Å². The molecule has 2 heterocycles. The Morgan fingerprint density at radius 3 is 2.79 bits per heavy atom. The number of methoxy groups -OCH3 is 1. The van der Waals surface area contributed by atoms with Crippen molar-refractivity contribution < 1.29 is 9.53 Å². The normalized spacial score (nSPS) is 12.4. The number of aryl methyl sites for hydroxylation is 1. The van der Waals surface area contributed by atoms with E-state index in [9.17, 15) is 4.79 Å². The van der Waals surface area contributed by atoms with E-state index in [1.165, 1.54) is 0 Å². The fraction of sp³-hybridized carbons (Fsp3) is 0.556. The van der Waals surface area contributed by atoms with Crippen LogP contribution in [-0.2, 0) is 11.3 Å². The Bertz CT molecular complexity index is 690. The highest BCUT2D eigenvalue weighted by Crippen LogP contribution is 2.27. The number of nitrogens with zero attached hydrogens (tertiary/aromatic N) is 2. The van der Waals surface area contributed by atoms with Crippen molar-refractivity contribution in [2.75, 3.05) is 13.7 Å². The van der Waals surface area contributed by atoms with Crippen molar-refractivity contribution in [3.63, 3.8) is 0 Å². The van der Waals surface area contributed by atoms with Crippen LogP contribution < -0.4 is 5.32 Å². The van der Waals surface area contributed by atoms with Gasteiger partial charge in [0.25, 0.3) is 5.91 Å². The van der Waals surface area contributed by atoms with Gasteiger partial charge in [0, 0.05) is 37.4 Å². The van der Waals surface area contributed by atoms with Crippen molar-refractivity contribution in [1.82, 2.24) is 14.9 Å². The zero-order valence-corrected chi connectivity index (χ0v) is 16.0. The van der Waals surface area contributed by atoms with E-state index in [1.807, 2.05) is 32.2 Å². The molecule has 1 N–H and O–H groups in total. The lowest BCUT2D eigenvalue weighted by atomic mass is 10.2. The molecule has 24 heavy (non-hydrogen) atoms. The first-order valence-corrected chi connectivity index (χ1v) is 9.28. The third kappa shape index (κ3) is 4.24. The molecular formula is C18H27N3O2S. The van der Waals surface area contributed by atoms with Gasteiger partial charge in [-0.3, -0.25) is 4.79 Å². The molecule has 0 aromatic carbocycles. The van der Waals surface area contributed by atoms with Crippen LogP contribution in [0.5, 0.6) is 0 Å². The van der Waals surface area contributed by atoms with Crippen LogP contribution in [0.4, 0.5) is 0 Å². The van der Waals surface area contributed by atoms with Crippen LogP contribution in [0.2, 0.25) is 0 Å². The van der Waals surface area contributed by atoms with E-state index in [-0.39, 0.29) is 11.9 Å². The summed E-state index contributed by atoms with van der Waals surface area (Å²) in [5.74, 6) is -0.0134. The number of hydrogen-bond acceptors (Lipinski definition) is 4. The number of rotatable bonds is 8. The molecule has 2 aromatic rings. The smallest absolute Gasteiger partial charge is 0.253 e. The van der Waals surface area contributed by atoms with Crippen LogP contribution in [0.25, 0.3) is 11.4 Å². The summed E-state index contributed by atoms with van der Waals surface area (Å²) in [7, 11) is 1.71. The SMILES string of the molecule is CCC(C)NC(=O)c1cc(-c2csc(C)n2)n(CCCOC)c1C. The van der Waals surface area contributed by atoms with Gasteiger partial charge in [-0.05, 0) is 39.7 Å². The van der Waals surface area contributed by atoms with Gasteiger partial charge in [0.2, 0.25) is 0 Å². The minimum atomic E-state index is -0.0134. The minimum Gasteiger partial charge on any atom is -0.385 e. The molecule has 1 atom stereocenters. The lowest BCUT2D eigenvalue weighted by molar-refractivity contribution is 0.0938. The van der Waals surface area contributed by atoms with Crippen molar-refractivity contribution in [3.05, 3.63) is 27.7 Å². The number of carbonyl (C=O) groups is 1. The molecule has 2 aromatic heterocycles. The lowest BCUT2D eigenvalue weighted by Gasteiger charge is -2.12. The number of aromatic nitrogens is 2. The summed E-state index contributed by atoms with van der Waals surface area (Å²) >= 11 is 1.62. The Morgan fingerprint density at radius 1 is 1.46 bits per heavy atom. The molecule has 0 aliphatic rings. The molecule has 1 unspecified atom stereocenters. The first kappa shape index (κ1) is 18.7. The molecule has 2 rings (SSSR count). The zero-order chi connectivity index (χ0) is 17.7. The molecular weight excluding hydrogens is 322 g/mol. The van der Waals surface area contributed by atoms with Crippen molar-refractivity contribution in [1.29, 1.82) is 0 Å². The lowest BCUT2D eigenvalue weighted by Crippen LogP contribution is -2.32. The number of hydrogen-bond donors (Lipinski definition) is 1. The highest BCUT2D eigenvalue weighted by molar-refractivity contribution is 7.09. The molecule has 1 amide bonds. The van der Waals surface area contributed by atoms with Crippen molar-refractivity contribution in [3.8, 4) is 11.4 Å². The summed E-state index contributed by atoms with van der Waals surface area (Å²) < 4.78 is 7.35. The van der Waals surface area contributed by atoms with E-state index < -0.39 is 0 Å². The van der Waals surface area contributed by atoms with Crippen molar-refractivity contribution >= 4 is 17.2 Å². The standard InChI is InChI=1S/C18H27N3O2S/c1-6-12(2)19-18(22)15-10-17(16-11-24-14(4)20-16)21(13(15)3)8-7-9-23-5/h10-12H,6-9H2,1-5H3,(H,19,22). The molecule has 0 aliphatic heterocycles. The minimum absolute atomic E-state index is 0.0134. The Hall–Kier alpha value is -1.66. The van der Waals surface area contributed by atoms with Crippen molar-refractivity contribution in [2.45, 2.75) is 53.1 Å². The number of nitrogens with one attached hydrogen (secondary N) is 1. The second-order valence-electron chi connectivity index (χ2n) is 6.06. The average molecular weight is 350 g/mol. The fourth-order valence-corrected chi connectivity index (χ4v) is 3.23. The van der Waals surface area contributed by atoms with Gasteiger partial charge in [0.1, 0.15) is 0 Å². The number of ether oxygens (including phenoxy) is 1. The van der Waals surface area contributed by atoms with Gasteiger partial charge in [-0.15, -0.1) is 11.3 Å². The summed E-state index contributed by atoms with van der Waals surface area (Å²) in [6, 6.07) is 2.13. The van der Waals surface area contributed by atoms with Gasteiger partial charge in [0.05, 0.1) is 22.0 Å². The van der Waals surface area contributed by atoms with Gasteiger partial charge in [0.15, 0.2) is 0 Å². The van der Waals surface area contributed by atoms with E-state index in [4.69, 9.17) is 4.74 Å². The average Bonchev–Trinajstić information content (AvgIpc) is 3.12. The second kappa shape index (κ2) is 8.44. The van der Waals surface area contributed by atoms with E-state index in [0.29, 0.717) is 6.61 Å². The summed E-state index contributed by atoms with van der Waals surface area (Å²) in [6.07, 6.45) is 1.81. The van der Waals surface area contributed by atoms with Crippen LogP contribution >= 0.6 is 11.3 Å². The highest BCUT2D eigenvalue weighted by atomic mass is 32.1. The monoisotopic (exact) mass is 349 g/mol. The van der Waals surface area contributed by atoms with Crippen LogP contribution in [-0.4, -0.2) is 35.2 Å². The molecule has 0 bridgehead atoms.